The number of halogens is 3. The van der Waals surface area contributed by atoms with E-state index in [0.717, 1.165) is 19.3 Å². The van der Waals surface area contributed by atoms with Crippen molar-refractivity contribution in [2.24, 2.45) is 0 Å². The Labute approximate surface area is 71.5 Å². The van der Waals surface area contributed by atoms with Gasteiger partial charge >= 0.3 is 6.18 Å². The predicted molar refractivity (Wildman–Crippen MR) is 44.0 cm³/mol. The zero-order valence-electron chi connectivity index (χ0n) is 7.16. The first kappa shape index (κ1) is 11.5. The molecule has 12 heavy (non-hydrogen) atoms. The normalized spacial score (nSPS) is 11.6. The molecule has 0 aliphatic rings. The number of allylic oxidation sites excluding steroid dienone is 1. The fourth-order valence-electron chi connectivity index (χ4n) is 0.968. The van der Waals surface area contributed by atoms with Crippen LogP contribution in [0.5, 0.6) is 0 Å². The summed E-state index contributed by atoms with van der Waals surface area (Å²) in [5.41, 5.74) is 0. The summed E-state index contributed by atoms with van der Waals surface area (Å²) < 4.78 is 34.8. The smallest absolute Gasteiger partial charge is 0.171 e. The standard InChI is InChI=1S/C9H15F3/c1-2-3-4-5-6-7-8-9(10,11)12/h2H,1,3-8H2. The van der Waals surface area contributed by atoms with E-state index in [-0.39, 0.29) is 6.42 Å². The van der Waals surface area contributed by atoms with Crippen LogP contribution in [0.15, 0.2) is 12.7 Å². The molecule has 0 nitrogen and oxygen atoms in total. The van der Waals surface area contributed by atoms with Crippen molar-refractivity contribution in [3.8, 4) is 0 Å². The molecule has 0 atom stereocenters. The highest BCUT2D eigenvalue weighted by Crippen LogP contribution is 2.22. The Morgan fingerprint density at radius 3 is 2.08 bits per heavy atom. The molecule has 0 amide bonds. The van der Waals surface area contributed by atoms with Crippen LogP contribution in [0.1, 0.15) is 38.5 Å². The molecule has 0 fully saturated rings. The van der Waals surface area contributed by atoms with Crippen molar-refractivity contribution in [3.63, 3.8) is 0 Å². The molecule has 0 spiro atoms. The minimum atomic E-state index is -3.97. The summed E-state index contributed by atoms with van der Waals surface area (Å²) in [5, 5.41) is 0. The second-order valence-electron chi connectivity index (χ2n) is 2.86. The van der Waals surface area contributed by atoms with Crippen LogP contribution in [0.25, 0.3) is 0 Å². The summed E-state index contributed by atoms with van der Waals surface area (Å²) in [6.45, 7) is 3.54. The van der Waals surface area contributed by atoms with Crippen LogP contribution in [0.4, 0.5) is 13.2 Å². The van der Waals surface area contributed by atoms with Gasteiger partial charge in [-0.3, -0.25) is 0 Å². The molecule has 0 rings (SSSR count). The molecule has 0 bridgehead atoms. The average molecular weight is 180 g/mol. The van der Waals surface area contributed by atoms with Crippen molar-refractivity contribution in [2.75, 3.05) is 0 Å². The van der Waals surface area contributed by atoms with Crippen LogP contribution >= 0.6 is 0 Å². The minimum absolute atomic E-state index is 0.265. The van der Waals surface area contributed by atoms with Crippen LogP contribution in [0.3, 0.4) is 0 Å². The maximum absolute atomic E-state index is 11.6. The Balaban J connectivity index is 3.06. The molecule has 0 aromatic heterocycles. The fraction of sp³-hybridized carbons (Fsp3) is 0.778. The number of hydrogen-bond donors (Lipinski definition) is 0. The van der Waals surface area contributed by atoms with E-state index in [4.69, 9.17) is 0 Å². The van der Waals surface area contributed by atoms with Gasteiger partial charge in [0.15, 0.2) is 0 Å². The highest BCUT2D eigenvalue weighted by atomic mass is 19.4. The van der Waals surface area contributed by atoms with E-state index in [1.54, 1.807) is 6.08 Å². The minimum Gasteiger partial charge on any atom is -0.171 e. The van der Waals surface area contributed by atoms with Gasteiger partial charge < -0.3 is 0 Å². The zero-order valence-corrected chi connectivity index (χ0v) is 7.16. The van der Waals surface area contributed by atoms with Gasteiger partial charge in [-0.2, -0.15) is 13.2 Å². The average Bonchev–Trinajstić information content (AvgIpc) is 1.94. The molecule has 0 radical (unpaired) electrons. The maximum atomic E-state index is 11.6. The third-order valence-corrected chi connectivity index (χ3v) is 1.62. The van der Waals surface area contributed by atoms with Gasteiger partial charge in [-0.15, -0.1) is 6.58 Å². The van der Waals surface area contributed by atoms with Gasteiger partial charge in [-0.05, 0) is 19.3 Å². The van der Waals surface area contributed by atoms with E-state index in [2.05, 4.69) is 6.58 Å². The van der Waals surface area contributed by atoms with E-state index in [9.17, 15) is 13.2 Å². The molecule has 0 aliphatic carbocycles. The largest absolute Gasteiger partial charge is 0.389 e. The van der Waals surface area contributed by atoms with Gasteiger partial charge in [0.1, 0.15) is 0 Å². The van der Waals surface area contributed by atoms with E-state index >= 15 is 0 Å². The van der Waals surface area contributed by atoms with Gasteiger partial charge in [-0.25, -0.2) is 0 Å². The Kier molecular flexibility index (Phi) is 5.85. The maximum Gasteiger partial charge on any atom is 0.389 e. The lowest BCUT2D eigenvalue weighted by Crippen LogP contribution is -2.06. The van der Waals surface area contributed by atoms with Crippen molar-refractivity contribution < 1.29 is 13.2 Å². The summed E-state index contributed by atoms with van der Waals surface area (Å²) in [7, 11) is 0. The van der Waals surface area contributed by atoms with Crippen molar-refractivity contribution in [1.82, 2.24) is 0 Å². The monoisotopic (exact) mass is 180 g/mol. The Hall–Kier alpha value is -0.470. The summed E-state index contributed by atoms with van der Waals surface area (Å²) >= 11 is 0. The van der Waals surface area contributed by atoms with E-state index in [1.807, 2.05) is 0 Å². The molecule has 0 unspecified atom stereocenters. The van der Waals surface area contributed by atoms with Crippen LogP contribution in [0, 0.1) is 0 Å². The van der Waals surface area contributed by atoms with Crippen molar-refractivity contribution >= 4 is 0 Å². The Morgan fingerprint density at radius 1 is 1.00 bits per heavy atom. The molecule has 0 aromatic rings. The Bertz CT molecular complexity index is 115. The first-order chi connectivity index (χ1) is 5.56. The SMILES string of the molecule is C=CCCCCCCC(F)(F)F. The van der Waals surface area contributed by atoms with Crippen LogP contribution in [-0.2, 0) is 0 Å². The molecule has 0 heterocycles. The first-order valence-electron chi connectivity index (χ1n) is 4.24. The van der Waals surface area contributed by atoms with Gasteiger partial charge in [0.2, 0.25) is 0 Å². The summed E-state index contributed by atoms with van der Waals surface area (Å²) in [6.07, 6.45) is 0.868. The fourth-order valence-corrected chi connectivity index (χ4v) is 0.968. The van der Waals surface area contributed by atoms with Gasteiger partial charge in [-0.1, -0.05) is 18.9 Å². The zero-order chi connectivity index (χ0) is 9.45. The molecular weight excluding hydrogens is 165 g/mol. The van der Waals surface area contributed by atoms with Gasteiger partial charge in [0, 0.05) is 6.42 Å². The van der Waals surface area contributed by atoms with Gasteiger partial charge in [0.05, 0.1) is 0 Å². The van der Waals surface area contributed by atoms with Crippen molar-refractivity contribution in [3.05, 3.63) is 12.7 Å². The number of rotatable bonds is 6. The lowest BCUT2D eigenvalue weighted by atomic mass is 10.1. The number of unbranched alkanes of at least 4 members (excludes halogenated alkanes) is 4. The quantitative estimate of drug-likeness (QED) is 0.427. The predicted octanol–water partition coefficient (Wildman–Crippen LogP) is 4.08. The van der Waals surface area contributed by atoms with Crippen LogP contribution in [-0.4, -0.2) is 6.18 Å². The lowest BCUT2D eigenvalue weighted by Gasteiger charge is -2.04. The second kappa shape index (κ2) is 6.09. The van der Waals surface area contributed by atoms with E-state index in [0.29, 0.717) is 6.42 Å². The highest BCUT2D eigenvalue weighted by Gasteiger charge is 2.25. The topological polar surface area (TPSA) is 0 Å². The molecular formula is C9H15F3. The van der Waals surface area contributed by atoms with Crippen LogP contribution in [0.2, 0.25) is 0 Å². The molecule has 0 saturated carbocycles. The molecule has 0 aromatic carbocycles. The Morgan fingerprint density at radius 2 is 1.58 bits per heavy atom. The van der Waals surface area contributed by atoms with E-state index < -0.39 is 12.6 Å². The second-order valence-corrected chi connectivity index (χ2v) is 2.86. The highest BCUT2D eigenvalue weighted by molar-refractivity contribution is 4.65. The molecule has 3 heteroatoms. The summed E-state index contributed by atoms with van der Waals surface area (Å²) in [5.74, 6) is 0. The van der Waals surface area contributed by atoms with Gasteiger partial charge in [0.25, 0.3) is 0 Å². The molecule has 72 valence electrons. The van der Waals surface area contributed by atoms with Crippen molar-refractivity contribution in [1.29, 1.82) is 0 Å². The van der Waals surface area contributed by atoms with Crippen molar-refractivity contribution in [2.45, 2.75) is 44.7 Å². The third-order valence-electron chi connectivity index (χ3n) is 1.62. The number of alkyl halides is 3. The first-order valence-corrected chi connectivity index (χ1v) is 4.24. The molecule has 0 saturated heterocycles. The summed E-state index contributed by atoms with van der Waals surface area (Å²) in [6, 6.07) is 0. The third kappa shape index (κ3) is 9.53. The lowest BCUT2D eigenvalue weighted by molar-refractivity contribution is -0.135. The molecule has 0 aliphatic heterocycles. The molecule has 0 N–H and O–H groups in total. The number of hydrogen-bond acceptors (Lipinski definition) is 0. The van der Waals surface area contributed by atoms with E-state index in [1.165, 1.54) is 0 Å². The van der Waals surface area contributed by atoms with Crippen LogP contribution < -0.4 is 0 Å². The summed E-state index contributed by atoms with van der Waals surface area (Å²) in [4.78, 5) is 0.